The molecule has 0 bridgehead atoms. The van der Waals surface area contributed by atoms with Crippen molar-refractivity contribution in [2.24, 2.45) is 0 Å². The third-order valence-electron chi connectivity index (χ3n) is 2.82. The van der Waals surface area contributed by atoms with Crippen LogP contribution in [0.25, 0.3) is 0 Å². The zero-order valence-corrected chi connectivity index (χ0v) is 11.9. The molecular formula is C15H14ClNO3. The molecule has 0 spiro atoms. The van der Waals surface area contributed by atoms with Crippen LogP contribution in [-0.4, -0.2) is 18.1 Å². The molecule has 4 nitrogen and oxygen atoms in total. The number of rotatable bonds is 3. The number of hydrogen-bond acceptors (Lipinski definition) is 3. The molecule has 0 fully saturated rings. The third kappa shape index (κ3) is 3.03. The van der Waals surface area contributed by atoms with Gasteiger partial charge in [0.15, 0.2) is 0 Å². The van der Waals surface area contributed by atoms with E-state index in [0.29, 0.717) is 16.5 Å². The Kier molecular flexibility index (Phi) is 4.15. The van der Waals surface area contributed by atoms with Gasteiger partial charge in [0.05, 0.1) is 23.4 Å². The number of carbonyl (C=O) groups excluding carboxylic acids is 1. The zero-order valence-electron chi connectivity index (χ0n) is 11.1. The Morgan fingerprint density at radius 1 is 1.25 bits per heavy atom. The molecule has 20 heavy (non-hydrogen) atoms. The number of ether oxygens (including phenoxy) is 1. The summed E-state index contributed by atoms with van der Waals surface area (Å²) in [6.07, 6.45) is 0. The highest BCUT2D eigenvalue weighted by molar-refractivity contribution is 6.34. The lowest BCUT2D eigenvalue weighted by atomic mass is 10.1. The van der Waals surface area contributed by atoms with Gasteiger partial charge in [0.2, 0.25) is 0 Å². The van der Waals surface area contributed by atoms with Gasteiger partial charge < -0.3 is 15.2 Å². The Labute approximate surface area is 122 Å². The highest BCUT2D eigenvalue weighted by atomic mass is 35.5. The molecule has 2 rings (SSSR count). The van der Waals surface area contributed by atoms with Crippen molar-refractivity contribution in [3.8, 4) is 11.5 Å². The molecule has 1 amide bonds. The molecule has 2 aromatic rings. The maximum atomic E-state index is 12.1. The Balaban J connectivity index is 2.26. The average molecular weight is 292 g/mol. The van der Waals surface area contributed by atoms with E-state index in [1.54, 1.807) is 18.2 Å². The molecule has 104 valence electrons. The molecule has 0 heterocycles. The smallest absolute Gasteiger partial charge is 0.259 e. The molecule has 0 saturated heterocycles. The summed E-state index contributed by atoms with van der Waals surface area (Å²) >= 11 is 6.02. The number of anilines is 1. The van der Waals surface area contributed by atoms with Gasteiger partial charge in [-0.1, -0.05) is 17.7 Å². The minimum Gasteiger partial charge on any atom is -0.507 e. The van der Waals surface area contributed by atoms with E-state index in [1.165, 1.54) is 19.2 Å². The van der Waals surface area contributed by atoms with Gasteiger partial charge >= 0.3 is 0 Å². The molecule has 0 aromatic heterocycles. The largest absolute Gasteiger partial charge is 0.507 e. The number of nitrogens with one attached hydrogen (secondary N) is 1. The maximum Gasteiger partial charge on any atom is 0.259 e. The van der Waals surface area contributed by atoms with E-state index in [1.807, 2.05) is 13.0 Å². The van der Waals surface area contributed by atoms with Crippen LogP contribution in [0, 0.1) is 6.92 Å². The Bertz CT molecular complexity index is 656. The number of aryl methyl sites for hydroxylation is 1. The van der Waals surface area contributed by atoms with Crippen LogP contribution in [0.15, 0.2) is 36.4 Å². The summed E-state index contributed by atoms with van der Waals surface area (Å²) in [5, 5.41) is 12.9. The predicted molar refractivity (Wildman–Crippen MR) is 78.8 cm³/mol. The van der Waals surface area contributed by atoms with Gasteiger partial charge in [0.1, 0.15) is 11.5 Å². The topological polar surface area (TPSA) is 58.6 Å². The van der Waals surface area contributed by atoms with Gasteiger partial charge in [0, 0.05) is 6.07 Å². The summed E-state index contributed by atoms with van der Waals surface area (Å²) in [5.74, 6) is -0.101. The highest BCUT2D eigenvalue weighted by Gasteiger charge is 2.13. The summed E-state index contributed by atoms with van der Waals surface area (Å²) in [6.45, 7) is 1.90. The second kappa shape index (κ2) is 5.84. The van der Waals surface area contributed by atoms with Crippen molar-refractivity contribution in [3.05, 3.63) is 52.5 Å². The summed E-state index contributed by atoms with van der Waals surface area (Å²) in [7, 11) is 1.49. The maximum absolute atomic E-state index is 12.1. The van der Waals surface area contributed by atoms with Gasteiger partial charge in [-0.15, -0.1) is 0 Å². The lowest BCUT2D eigenvalue weighted by molar-refractivity contribution is 0.102. The average Bonchev–Trinajstić information content (AvgIpc) is 2.42. The van der Waals surface area contributed by atoms with Crippen LogP contribution in [0.4, 0.5) is 5.69 Å². The minimum absolute atomic E-state index is 0.148. The van der Waals surface area contributed by atoms with Crippen molar-refractivity contribution in [2.75, 3.05) is 12.4 Å². The number of amides is 1. The van der Waals surface area contributed by atoms with Crippen LogP contribution in [0.2, 0.25) is 5.02 Å². The van der Waals surface area contributed by atoms with Gasteiger partial charge in [0.25, 0.3) is 5.91 Å². The molecule has 0 aliphatic heterocycles. The zero-order chi connectivity index (χ0) is 14.7. The van der Waals surface area contributed by atoms with Crippen molar-refractivity contribution in [1.82, 2.24) is 0 Å². The Morgan fingerprint density at radius 2 is 2.00 bits per heavy atom. The first kappa shape index (κ1) is 14.2. The number of halogens is 1. The van der Waals surface area contributed by atoms with Gasteiger partial charge in [-0.05, 0) is 36.8 Å². The fraction of sp³-hybridized carbons (Fsp3) is 0.133. The molecule has 0 saturated carbocycles. The molecule has 2 aromatic carbocycles. The molecule has 2 N–H and O–H groups in total. The van der Waals surface area contributed by atoms with Crippen molar-refractivity contribution in [2.45, 2.75) is 6.92 Å². The number of carbonyl (C=O) groups is 1. The lowest BCUT2D eigenvalue weighted by Crippen LogP contribution is -2.12. The van der Waals surface area contributed by atoms with Crippen molar-refractivity contribution >= 4 is 23.2 Å². The first-order chi connectivity index (χ1) is 9.51. The quantitative estimate of drug-likeness (QED) is 0.908. The number of hydrogen-bond donors (Lipinski definition) is 2. The standard InChI is InChI=1S/C15H14ClNO3/c1-9-3-6-12(16)13(7-9)17-15(19)11-5-4-10(20-2)8-14(11)18/h3-8,18H,1-2H3,(H,17,19). The highest BCUT2D eigenvalue weighted by Crippen LogP contribution is 2.27. The van der Waals surface area contributed by atoms with Crippen molar-refractivity contribution < 1.29 is 14.6 Å². The first-order valence-electron chi connectivity index (χ1n) is 5.96. The van der Waals surface area contributed by atoms with Crippen LogP contribution in [0.3, 0.4) is 0 Å². The number of methoxy groups -OCH3 is 1. The van der Waals surface area contributed by atoms with E-state index in [9.17, 15) is 9.90 Å². The SMILES string of the molecule is COc1ccc(C(=O)Nc2cc(C)ccc2Cl)c(O)c1. The summed E-state index contributed by atoms with van der Waals surface area (Å²) in [5.41, 5.74) is 1.64. The summed E-state index contributed by atoms with van der Waals surface area (Å²) in [4.78, 5) is 12.1. The molecule has 0 unspecified atom stereocenters. The molecule has 0 aliphatic rings. The van der Waals surface area contributed by atoms with E-state index in [4.69, 9.17) is 16.3 Å². The minimum atomic E-state index is -0.433. The molecule has 5 heteroatoms. The molecule has 0 radical (unpaired) electrons. The number of phenolic OH excluding ortho intramolecular Hbond substituents is 1. The van der Waals surface area contributed by atoms with Crippen LogP contribution in [0.1, 0.15) is 15.9 Å². The summed E-state index contributed by atoms with van der Waals surface area (Å²) < 4.78 is 4.97. The van der Waals surface area contributed by atoms with E-state index < -0.39 is 5.91 Å². The van der Waals surface area contributed by atoms with Gasteiger partial charge in [-0.2, -0.15) is 0 Å². The van der Waals surface area contributed by atoms with E-state index >= 15 is 0 Å². The normalized spacial score (nSPS) is 10.2. The number of aromatic hydroxyl groups is 1. The van der Waals surface area contributed by atoms with E-state index in [2.05, 4.69) is 5.32 Å². The Hall–Kier alpha value is -2.20. The lowest BCUT2D eigenvalue weighted by Gasteiger charge is -2.10. The fourth-order valence-electron chi connectivity index (χ4n) is 1.75. The molecular weight excluding hydrogens is 278 g/mol. The van der Waals surface area contributed by atoms with Gasteiger partial charge in [-0.25, -0.2) is 0 Å². The fourth-order valence-corrected chi connectivity index (χ4v) is 1.92. The predicted octanol–water partition coefficient (Wildman–Crippen LogP) is 3.61. The number of benzene rings is 2. The van der Waals surface area contributed by atoms with E-state index in [0.717, 1.165) is 5.56 Å². The second-order valence-corrected chi connectivity index (χ2v) is 4.73. The van der Waals surface area contributed by atoms with Crippen LogP contribution >= 0.6 is 11.6 Å². The van der Waals surface area contributed by atoms with Crippen molar-refractivity contribution in [3.63, 3.8) is 0 Å². The van der Waals surface area contributed by atoms with Crippen molar-refractivity contribution in [1.29, 1.82) is 0 Å². The second-order valence-electron chi connectivity index (χ2n) is 4.32. The molecule has 0 atom stereocenters. The van der Waals surface area contributed by atoms with Crippen LogP contribution < -0.4 is 10.1 Å². The monoisotopic (exact) mass is 291 g/mol. The first-order valence-corrected chi connectivity index (χ1v) is 6.33. The third-order valence-corrected chi connectivity index (χ3v) is 3.15. The number of phenols is 1. The van der Waals surface area contributed by atoms with Crippen LogP contribution in [-0.2, 0) is 0 Å². The van der Waals surface area contributed by atoms with E-state index in [-0.39, 0.29) is 11.3 Å². The Morgan fingerprint density at radius 3 is 2.65 bits per heavy atom. The summed E-state index contributed by atoms with van der Waals surface area (Å²) in [6, 6.07) is 9.80. The van der Waals surface area contributed by atoms with Gasteiger partial charge in [-0.3, -0.25) is 4.79 Å². The molecule has 0 aliphatic carbocycles. The van der Waals surface area contributed by atoms with Crippen LogP contribution in [0.5, 0.6) is 11.5 Å².